The number of rotatable bonds is 7. The first-order valence-corrected chi connectivity index (χ1v) is 10.8. The highest BCUT2D eigenvalue weighted by Crippen LogP contribution is 2.23. The summed E-state index contributed by atoms with van der Waals surface area (Å²) in [5, 5.41) is 6.87. The van der Waals surface area contributed by atoms with Crippen molar-refractivity contribution in [2.75, 3.05) is 6.54 Å². The minimum absolute atomic E-state index is 0.0211. The molecule has 1 N–H and O–H groups in total. The average molecular weight is 473 g/mol. The first kappa shape index (κ1) is 22.2. The first-order valence-electron chi connectivity index (χ1n) is 10.8. The molecule has 176 valence electrons. The van der Waals surface area contributed by atoms with Gasteiger partial charge in [0.1, 0.15) is 17.8 Å². The number of imide groups is 1. The molecular weight excluding hydrogens is 453 g/mol. The second-order valence-corrected chi connectivity index (χ2v) is 8.15. The van der Waals surface area contributed by atoms with Crippen LogP contribution in [0.3, 0.4) is 0 Å². The molecule has 10 heteroatoms. The Kier molecular flexibility index (Phi) is 5.69. The summed E-state index contributed by atoms with van der Waals surface area (Å²) < 4.78 is 20.8. The average Bonchev–Trinajstić information content (AvgIpc) is 3.55. The number of halogens is 1. The van der Waals surface area contributed by atoms with Gasteiger partial charge in [0.05, 0.1) is 17.2 Å². The zero-order chi connectivity index (χ0) is 24.5. The van der Waals surface area contributed by atoms with Crippen molar-refractivity contribution in [1.82, 2.24) is 25.0 Å². The Morgan fingerprint density at radius 3 is 2.49 bits per heavy atom. The maximum Gasteiger partial charge on any atom is 0.273 e. The standard InChI is InChI=1S/C25H20FN5O4/c1-30-21(9-10-27-30)23-29-20(14-35-23)22(32)28-17(12-15-5-4-6-16(26)11-15)13-31-24(33)18-7-2-3-8-19(18)25(31)34/h2-11,14,17H,12-13H2,1H3,(H,28,32)/t17-/m0/s1. The fourth-order valence-corrected chi connectivity index (χ4v) is 4.07. The van der Waals surface area contributed by atoms with Crippen LogP contribution in [0.2, 0.25) is 0 Å². The van der Waals surface area contributed by atoms with E-state index in [1.54, 1.807) is 60.4 Å². The molecule has 0 bridgehead atoms. The van der Waals surface area contributed by atoms with Gasteiger partial charge in [-0.3, -0.25) is 24.0 Å². The molecule has 3 heterocycles. The van der Waals surface area contributed by atoms with Crippen molar-refractivity contribution in [2.24, 2.45) is 7.05 Å². The molecule has 0 unspecified atom stereocenters. The van der Waals surface area contributed by atoms with Crippen molar-refractivity contribution in [3.63, 3.8) is 0 Å². The summed E-state index contributed by atoms with van der Waals surface area (Å²) in [6.07, 6.45) is 2.98. The molecular formula is C25H20FN5O4. The topological polar surface area (TPSA) is 110 Å². The quantitative estimate of drug-likeness (QED) is 0.414. The van der Waals surface area contributed by atoms with Crippen LogP contribution >= 0.6 is 0 Å². The van der Waals surface area contributed by atoms with E-state index in [1.807, 2.05) is 0 Å². The summed E-state index contributed by atoms with van der Waals surface area (Å²) in [4.78, 5) is 44.1. The summed E-state index contributed by atoms with van der Waals surface area (Å²) >= 11 is 0. The number of oxazole rings is 1. The maximum atomic E-state index is 13.8. The van der Waals surface area contributed by atoms with Crippen molar-refractivity contribution < 1.29 is 23.2 Å². The molecule has 0 saturated heterocycles. The Morgan fingerprint density at radius 2 is 1.83 bits per heavy atom. The van der Waals surface area contributed by atoms with Gasteiger partial charge in [-0.05, 0) is 42.3 Å². The molecule has 0 fully saturated rings. The number of benzene rings is 2. The molecule has 1 aliphatic heterocycles. The van der Waals surface area contributed by atoms with Gasteiger partial charge in [0.25, 0.3) is 17.7 Å². The van der Waals surface area contributed by atoms with E-state index in [1.165, 1.54) is 18.4 Å². The van der Waals surface area contributed by atoms with Crippen LogP contribution in [0, 0.1) is 5.82 Å². The Morgan fingerprint density at radius 1 is 1.09 bits per heavy atom. The van der Waals surface area contributed by atoms with Crippen LogP contribution in [0.25, 0.3) is 11.6 Å². The van der Waals surface area contributed by atoms with Crippen molar-refractivity contribution in [2.45, 2.75) is 12.5 Å². The van der Waals surface area contributed by atoms with E-state index in [0.29, 0.717) is 22.4 Å². The molecule has 5 rings (SSSR count). The van der Waals surface area contributed by atoms with Crippen molar-refractivity contribution in [3.8, 4) is 11.6 Å². The third kappa shape index (κ3) is 4.33. The molecule has 0 spiro atoms. The molecule has 4 aromatic rings. The van der Waals surface area contributed by atoms with Gasteiger partial charge in [0, 0.05) is 19.8 Å². The molecule has 0 saturated carbocycles. The Labute approximate surface area is 199 Å². The lowest BCUT2D eigenvalue weighted by Crippen LogP contribution is -2.47. The SMILES string of the molecule is Cn1nccc1-c1nc(C(=O)N[C@@H](Cc2cccc(F)c2)CN2C(=O)c3ccccc3C2=O)co1. The lowest BCUT2D eigenvalue weighted by atomic mass is 10.0. The first-order chi connectivity index (χ1) is 16.9. The van der Waals surface area contributed by atoms with Gasteiger partial charge in [-0.1, -0.05) is 24.3 Å². The van der Waals surface area contributed by atoms with Crippen LogP contribution in [0.5, 0.6) is 0 Å². The van der Waals surface area contributed by atoms with Gasteiger partial charge >= 0.3 is 0 Å². The minimum Gasteiger partial charge on any atom is -0.442 e. The minimum atomic E-state index is -0.705. The predicted octanol–water partition coefficient (Wildman–Crippen LogP) is 2.85. The fourth-order valence-electron chi connectivity index (χ4n) is 4.07. The summed E-state index contributed by atoms with van der Waals surface area (Å²) in [6, 6.07) is 13.5. The summed E-state index contributed by atoms with van der Waals surface area (Å²) in [7, 11) is 1.72. The summed E-state index contributed by atoms with van der Waals surface area (Å²) in [6.45, 7) is -0.0962. The number of nitrogens with zero attached hydrogens (tertiary/aromatic N) is 4. The van der Waals surface area contributed by atoms with Crippen LogP contribution in [0.15, 0.2) is 71.5 Å². The molecule has 0 aliphatic carbocycles. The van der Waals surface area contributed by atoms with Gasteiger partial charge in [0.15, 0.2) is 5.69 Å². The van der Waals surface area contributed by atoms with Crippen LogP contribution in [-0.2, 0) is 13.5 Å². The second kappa shape index (κ2) is 8.98. The lowest BCUT2D eigenvalue weighted by Gasteiger charge is -2.23. The normalized spacial score (nSPS) is 13.7. The number of amides is 3. The Bertz CT molecular complexity index is 1410. The van der Waals surface area contributed by atoms with Crippen LogP contribution in [-0.4, -0.2) is 50.0 Å². The van der Waals surface area contributed by atoms with Gasteiger partial charge in [-0.15, -0.1) is 0 Å². The van der Waals surface area contributed by atoms with Crippen LogP contribution in [0.4, 0.5) is 4.39 Å². The molecule has 2 aromatic heterocycles. The van der Waals surface area contributed by atoms with Gasteiger partial charge in [0.2, 0.25) is 5.89 Å². The fraction of sp³-hybridized carbons (Fsp3) is 0.160. The van der Waals surface area contributed by atoms with Crippen molar-refractivity contribution >= 4 is 17.7 Å². The predicted molar refractivity (Wildman–Crippen MR) is 122 cm³/mol. The highest BCUT2D eigenvalue weighted by atomic mass is 19.1. The van der Waals surface area contributed by atoms with E-state index in [2.05, 4.69) is 15.4 Å². The van der Waals surface area contributed by atoms with E-state index in [-0.39, 0.29) is 24.6 Å². The van der Waals surface area contributed by atoms with E-state index >= 15 is 0 Å². The molecule has 3 amide bonds. The number of carbonyl (C=O) groups excluding carboxylic acids is 3. The molecule has 2 aromatic carbocycles. The van der Waals surface area contributed by atoms with E-state index in [4.69, 9.17) is 4.42 Å². The maximum absolute atomic E-state index is 13.8. The number of fused-ring (bicyclic) bond motifs is 1. The monoisotopic (exact) mass is 473 g/mol. The lowest BCUT2D eigenvalue weighted by molar-refractivity contribution is 0.0628. The van der Waals surface area contributed by atoms with Gasteiger partial charge in [-0.2, -0.15) is 5.10 Å². The number of carbonyl (C=O) groups is 3. The number of hydrogen-bond acceptors (Lipinski definition) is 6. The highest BCUT2D eigenvalue weighted by molar-refractivity contribution is 6.21. The highest BCUT2D eigenvalue weighted by Gasteiger charge is 2.36. The van der Waals surface area contributed by atoms with Crippen molar-refractivity contribution in [1.29, 1.82) is 0 Å². The largest absolute Gasteiger partial charge is 0.442 e. The number of hydrogen-bond donors (Lipinski definition) is 1. The molecule has 0 radical (unpaired) electrons. The smallest absolute Gasteiger partial charge is 0.273 e. The summed E-state index contributed by atoms with van der Waals surface area (Å²) in [5.74, 6) is -1.64. The van der Waals surface area contributed by atoms with E-state index < -0.39 is 29.6 Å². The second-order valence-electron chi connectivity index (χ2n) is 8.15. The zero-order valence-corrected chi connectivity index (χ0v) is 18.6. The van der Waals surface area contributed by atoms with Gasteiger partial charge in [-0.25, -0.2) is 9.37 Å². The number of aryl methyl sites for hydroxylation is 1. The molecule has 1 atom stereocenters. The molecule has 9 nitrogen and oxygen atoms in total. The third-order valence-corrected chi connectivity index (χ3v) is 5.76. The van der Waals surface area contributed by atoms with Crippen LogP contribution < -0.4 is 5.32 Å². The van der Waals surface area contributed by atoms with Crippen molar-refractivity contribution in [3.05, 3.63) is 95.3 Å². The Hall–Kier alpha value is -4.60. The molecule has 1 aliphatic rings. The summed E-state index contributed by atoms with van der Waals surface area (Å²) in [5.41, 5.74) is 1.83. The van der Waals surface area contributed by atoms with E-state index in [0.717, 1.165) is 4.90 Å². The molecule has 35 heavy (non-hydrogen) atoms. The number of aromatic nitrogens is 3. The van der Waals surface area contributed by atoms with Crippen LogP contribution in [0.1, 0.15) is 36.8 Å². The third-order valence-electron chi connectivity index (χ3n) is 5.76. The zero-order valence-electron chi connectivity index (χ0n) is 18.6. The number of nitrogens with one attached hydrogen (secondary N) is 1. The van der Waals surface area contributed by atoms with E-state index in [9.17, 15) is 18.8 Å². The van der Waals surface area contributed by atoms with Gasteiger partial charge < -0.3 is 9.73 Å². The Balaban J connectivity index is 1.38.